The van der Waals surface area contributed by atoms with Crippen LogP contribution in [0.25, 0.3) is 11.1 Å². The number of carbonyl (C=O) groups is 1. The fourth-order valence-electron chi connectivity index (χ4n) is 1.68. The van der Waals surface area contributed by atoms with Gasteiger partial charge in [-0.1, -0.05) is 35.3 Å². The van der Waals surface area contributed by atoms with Crippen LogP contribution in [0.3, 0.4) is 0 Å². The van der Waals surface area contributed by atoms with Crippen LogP contribution in [0.4, 0.5) is 14.5 Å². The summed E-state index contributed by atoms with van der Waals surface area (Å²) >= 11 is 10.9. The predicted octanol–water partition coefficient (Wildman–Crippen LogP) is 4.37. The molecule has 0 aliphatic rings. The monoisotopic (exact) mass is 315 g/mol. The molecular formula is C14H9Cl2F2NO. The molecule has 0 fully saturated rings. The van der Waals surface area contributed by atoms with E-state index in [1.165, 1.54) is 6.07 Å². The number of benzene rings is 2. The van der Waals surface area contributed by atoms with Crippen molar-refractivity contribution < 1.29 is 13.6 Å². The number of hydrogen-bond donors (Lipinski definition) is 1. The van der Waals surface area contributed by atoms with Crippen LogP contribution in [0, 0.1) is 11.6 Å². The van der Waals surface area contributed by atoms with Gasteiger partial charge in [0.1, 0.15) is 11.6 Å². The van der Waals surface area contributed by atoms with Gasteiger partial charge in [0.25, 0.3) is 5.91 Å². The molecule has 0 saturated carbocycles. The molecule has 1 N–H and O–H groups in total. The quantitative estimate of drug-likeness (QED) is 0.837. The second-order valence-electron chi connectivity index (χ2n) is 3.99. The zero-order valence-corrected chi connectivity index (χ0v) is 11.6. The van der Waals surface area contributed by atoms with E-state index in [9.17, 15) is 13.6 Å². The smallest absolute Gasteiger partial charge is 0.257 e. The van der Waals surface area contributed by atoms with Gasteiger partial charge >= 0.3 is 0 Å². The summed E-state index contributed by atoms with van der Waals surface area (Å²) in [4.78, 5) is 10.2. The summed E-state index contributed by atoms with van der Waals surface area (Å²) in [7, 11) is 0. The molecule has 20 heavy (non-hydrogen) atoms. The summed E-state index contributed by atoms with van der Waals surface area (Å²) in [5.41, 5.74) is 1.15. The molecule has 2 rings (SSSR count). The van der Waals surface area contributed by atoms with E-state index in [1.807, 2.05) is 0 Å². The maximum Gasteiger partial charge on any atom is 0.257 e. The first kappa shape index (κ1) is 14.8. The normalized spacial score (nSPS) is 10.7. The zero-order chi connectivity index (χ0) is 14.7. The van der Waals surface area contributed by atoms with E-state index in [0.29, 0.717) is 11.3 Å². The molecule has 0 radical (unpaired) electrons. The number of carbonyl (C=O) groups excluding carboxylic acids is 1. The third kappa shape index (κ3) is 3.46. The van der Waals surface area contributed by atoms with Gasteiger partial charge in [0.2, 0.25) is 0 Å². The lowest BCUT2D eigenvalue weighted by Gasteiger charge is -2.08. The van der Waals surface area contributed by atoms with E-state index in [4.69, 9.17) is 23.2 Å². The minimum Gasteiger partial charge on any atom is -0.324 e. The summed E-state index contributed by atoms with van der Waals surface area (Å²) in [5.74, 6) is -1.91. The van der Waals surface area contributed by atoms with Gasteiger partial charge in [-0.15, -0.1) is 0 Å². The second-order valence-corrected chi connectivity index (χ2v) is 5.09. The Kier molecular flexibility index (Phi) is 4.57. The highest BCUT2D eigenvalue weighted by Crippen LogP contribution is 2.26. The number of hydrogen-bond acceptors (Lipinski definition) is 1. The van der Waals surface area contributed by atoms with E-state index in [1.54, 1.807) is 24.3 Å². The van der Waals surface area contributed by atoms with Crippen LogP contribution in [0.2, 0.25) is 0 Å². The van der Waals surface area contributed by atoms with Crippen LogP contribution in [0.5, 0.6) is 0 Å². The fourth-order valence-corrected chi connectivity index (χ4v) is 1.79. The molecular weight excluding hydrogens is 307 g/mol. The number of anilines is 1. The summed E-state index contributed by atoms with van der Waals surface area (Å²) in [5, 5.41) is 2.48. The maximum absolute atomic E-state index is 13.7. The van der Waals surface area contributed by atoms with Gasteiger partial charge < -0.3 is 5.32 Å². The van der Waals surface area contributed by atoms with Crippen molar-refractivity contribution in [3.05, 3.63) is 54.1 Å². The van der Waals surface area contributed by atoms with Gasteiger partial charge in [0.15, 0.2) is 4.84 Å². The van der Waals surface area contributed by atoms with Crippen molar-refractivity contribution in [2.24, 2.45) is 0 Å². The first-order valence-electron chi connectivity index (χ1n) is 5.62. The molecule has 6 heteroatoms. The first-order chi connectivity index (χ1) is 9.47. The van der Waals surface area contributed by atoms with Gasteiger partial charge in [-0.25, -0.2) is 8.78 Å². The topological polar surface area (TPSA) is 29.1 Å². The Balaban J connectivity index is 2.32. The summed E-state index contributed by atoms with van der Waals surface area (Å²) < 4.78 is 26.6. The highest BCUT2D eigenvalue weighted by Gasteiger charge is 2.12. The molecule has 0 atom stereocenters. The largest absolute Gasteiger partial charge is 0.324 e. The number of amides is 1. The maximum atomic E-state index is 13.7. The average Bonchev–Trinajstić information content (AvgIpc) is 2.38. The highest BCUT2D eigenvalue weighted by atomic mass is 35.5. The van der Waals surface area contributed by atoms with Crippen LogP contribution in [0.1, 0.15) is 0 Å². The summed E-state index contributed by atoms with van der Waals surface area (Å²) in [6.45, 7) is 0. The Labute approximate surface area is 124 Å². The van der Waals surface area contributed by atoms with Crippen molar-refractivity contribution in [1.82, 2.24) is 0 Å². The third-order valence-corrected chi connectivity index (χ3v) is 2.97. The van der Waals surface area contributed by atoms with Crippen LogP contribution < -0.4 is 5.32 Å². The van der Waals surface area contributed by atoms with E-state index in [0.717, 1.165) is 12.1 Å². The van der Waals surface area contributed by atoms with Gasteiger partial charge in [-0.2, -0.15) is 0 Å². The lowest BCUT2D eigenvalue weighted by molar-refractivity contribution is -0.114. The Morgan fingerprint density at radius 1 is 1.10 bits per heavy atom. The molecule has 0 unspecified atom stereocenters. The van der Waals surface area contributed by atoms with Gasteiger partial charge in [-0.3, -0.25) is 4.79 Å². The Hall–Kier alpha value is -1.65. The molecule has 1 amide bonds. The number of rotatable bonds is 3. The van der Waals surface area contributed by atoms with Crippen molar-refractivity contribution in [3.8, 4) is 11.1 Å². The van der Waals surface area contributed by atoms with Gasteiger partial charge in [0.05, 0.1) is 0 Å². The van der Waals surface area contributed by atoms with Crippen molar-refractivity contribution >= 4 is 34.8 Å². The number of alkyl halides is 2. The van der Waals surface area contributed by atoms with Crippen LogP contribution in [-0.4, -0.2) is 10.7 Å². The van der Waals surface area contributed by atoms with E-state index >= 15 is 0 Å². The van der Waals surface area contributed by atoms with Gasteiger partial charge in [0, 0.05) is 17.3 Å². The molecule has 0 spiro atoms. The molecule has 0 heterocycles. The first-order valence-corrected chi connectivity index (χ1v) is 6.49. The third-order valence-electron chi connectivity index (χ3n) is 2.57. The van der Waals surface area contributed by atoms with Crippen LogP contribution in [-0.2, 0) is 4.79 Å². The van der Waals surface area contributed by atoms with Crippen molar-refractivity contribution in [1.29, 1.82) is 0 Å². The SMILES string of the molecule is O=C(Nc1cccc(-c2ccc(F)cc2F)c1)C(Cl)Cl. The highest BCUT2D eigenvalue weighted by molar-refractivity contribution is 6.54. The number of halogens is 4. The summed E-state index contributed by atoms with van der Waals surface area (Å²) in [6.07, 6.45) is 0. The Morgan fingerprint density at radius 3 is 2.50 bits per heavy atom. The molecule has 0 saturated heterocycles. The second kappa shape index (κ2) is 6.20. The summed E-state index contributed by atoms with van der Waals surface area (Å²) in [6, 6.07) is 9.72. The molecule has 2 aromatic carbocycles. The Morgan fingerprint density at radius 2 is 1.85 bits per heavy atom. The molecule has 2 aromatic rings. The Bertz CT molecular complexity index is 647. The predicted molar refractivity (Wildman–Crippen MR) is 75.9 cm³/mol. The van der Waals surface area contributed by atoms with Gasteiger partial charge in [-0.05, 0) is 29.8 Å². The molecule has 104 valence electrons. The lowest BCUT2D eigenvalue weighted by Crippen LogP contribution is -2.18. The molecule has 0 bridgehead atoms. The van der Waals surface area contributed by atoms with Crippen LogP contribution in [0.15, 0.2) is 42.5 Å². The lowest BCUT2D eigenvalue weighted by atomic mass is 10.0. The molecule has 0 aromatic heterocycles. The molecule has 2 nitrogen and oxygen atoms in total. The molecule has 0 aliphatic heterocycles. The average molecular weight is 316 g/mol. The van der Waals surface area contributed by atoms with Crippen molar-refractivity contribution in [2.75, 3.05) is 5.32 Å². The van der Waals surface area contributed by atoms with E-state index < -0.39 is 22.4 Å². The minimum absolute atomic E-state index is 0.232. The zero-order valence-electron chi connectivity index (χ0n) is 10.0. The molecule has 0 aliphatic carbocycles. The fraction of sp³-hybridized carbons (Fsp3) is 0.0714. The van der Waals surface area contributed by atoms with Crippen molar-refractivity contribution in [2.45, 2.75) is 4.84 Å². The minimum atomic E-state index is -1.19. The van der Waals surface area contributed by atoms with Crippen LogP contribution >= 0.6 is 23.2 Å². The van der Waals surface area contributed by atoms with E-state index in [-0.39, 0.29) is 5.56 Å². The van der Waals surface area contributed by atoms with E-state index in [2.05, 4.69) is 5.32 Å². The number of nitrogens with one attached hydrogen (secondary N) is 1. The standard InChI is InChI=1S/C14H9Cl2F2NO/c15-13(16)14(20)19-10-3-1-2-8(6-10)11-5-4-9(17)7-12(11)18/h1-7,13H,(H,19,20). The van der Waals surface area contributed by atoms with Crippen molar-refractivity contribution in [3.63, 3.8) is 0 Å².